The molecule has 1 aromatic carbocycles. The second kappa shape index (κ2) is 8.35. The fourth-order valence-electron chi connectivity index (χ4n) is 4.30. The van der Waals surface area contributed by atoms with Gasteiger partial charge in [-0.2, -0.15) is 0 Å². The number of carbonyl (C=O) groups is 1. The second-order valence-electron chi connectivity index (χ2n) is 7.86. The number of aromatic nitrogens is 2. The monoisotopic (exact) mass is 383 g/mol. The van der Waals surface area contributed by atoms with Gasteiger partial charge in [0, 0.05) is 30.1 Å². The topological polar surface area (TPSA) is 55.2 Å². The molecule has 0 N–H and O–H groups in total. The number of fused-ring (bicyclic) bond motifs is 1. The molecule has 6 heteroatoms. The van der Waals surface area contributed by atoms with Crippen LogP contribution in [0.4, 0.5) is 4.39 Å². The molecule has 5 nitrogen and oxygen atoms in total. The molecule has 1 aromatic heterocycles. The van der Waals surface area contributed by atoms with Crippen molar-refractivity contribution in [3.63, 3.8) is 0 Å². The van der Waals surface area contributed by atoms with Crippen molar-refractivity contribution in [3.05, 3.63) is 63.6 Å². The van der Waals surface area contributed by atoms with Crippen molar-refractivity contribution >= 4 is 5.78 Å². The molecule has 28 heavy (non-hydrogen) atoms. The van der Waals surface area contributed by atoms with Crippen molar-refractivity contribution < 1.29 is 9.18 Å². The first-order valence-electron chi connectivity index (χ1n) is 10.2. The van der Waals surface area contributed by atoms with Crippen LogP contribution in [0.2, 0.25) is 0 Å². The first kappa shape index (κ1) is 19.0. The van der Waals surface area contributed by atoms with E-state index in [0.717, 1.165) is 69.4 Å². The van der Waals surface area contributed by atoms with Crippen molar-refractivity contribution in [2.45, 2.75) is 45.1 Å². The Bertz CT molecular complexity index is 899. The Morgan fingerprint density at radius 2 is 1.79 bits per heavy atom. The third kappa shape index (κ3) is 4.07. The summed E-state index contributed by atoms with van der Waals surface area (Å²) < 4.78 is 14.8. The zero-order chi connectivity index (χ0) is 19.5. The maximum atomic E-state index is 13.0. The number of nitrogens with zero attached hydrogens (tertiary/aromatic N) is 3. The maximum Gasteiger partial charge on any atom is 0.256 e. The average molecular weight is 383 g/mol. The van der Waals surface area contributed by atoms with E-state index in [0.29, 0.717) is 12.1 Å². The van der Waals surface area contributed by atoms with E-state index < -0.39 is 0 Å². The van der Waals surface area contributed by atoms with Gasteiger partial charge in [0.15, 0.2) is 5.78 Å². The van der Waals surface area contributed by atoms with Crippen LogP contribution in [-0.2, 0) is 19.4 Å². The van der Waals surface area contributed by atoms with Crippen molar-refractivity contribution in [1.29, 1.82) is 0 Å². The van der Waals surface area contributed by atoms with Crippen molar-refractivity contribution in [2.75, 3.05) is 19.6 Å². The molecule has 0 bridgehead atoms. The largest absolute Gasteiger partial charge is 0.302 e. The van der Waals surface area contributed by atoms with Gasteiger partial charge in [-0.05, 0) is 75.9 Å². The number of carbonyl (C=O) groups excluding carboxylic acids is 1. The van der Waals surface area contributed by atoms with Gasteiger partial charge in [-0.3, -0.25) is 14.2 Å². The number of hydrogen-bond donors (Lipinski definition) is 0. The summed E-state index contributed by atoms with van der Waals surface area (Å²) in [5, 5.41) is 0. The molecule has 0 spiro atoms. The van der Waals surface area contributed by atoms with E-state index in [1.807, 2.05) is 0 Å². The van der Waals surface area contributed by atoms with Crippen LogP contribution in [0.15, 0.2) is 35.4 Å². The van der Waals surface area contributed by atoms with Crippen LogP contribution in [0.25, 0.3) is 0 Å². The van der Waals surface area contributed by atoms with Crippen LogP contribution in [0.3, 0.4) is 0 Å². The molecule has 2 heterocycles. The van der Waals surface area contributed by atoms with Crippen LogP contribution < -0.4 is 5.56 Å². The van der Waals surface area contributed by atoms with Crippen LogP contribution in [0, 0.1) is 11.7 Å². The quantitative estimate of drug-likeness (QED) is 0.745. The number of rotatable bonds is 5. The molecule has 1 saturated heterocycles. The van der Waals surface area contributed by atoms with E-state index in [9.17, 15) is 14.0 Å². The highest BCUT2D eigenvalue weighted by Crippen LogP contribution is 2.22. The molecule has 0 amide bonds. The fraction of sp³-hybridized carbons (Fsp3) is 0.500. The maximum absolute atomic E-state index is 13.0. The zero-order valence-electron chi connectivity index (χ0n) is 16.1. The summed E-state index contributed by atoms with van der Waals surface area (Å²) in [5.74, 6) is -0.220. The lowest BCUT2D eigenvalue weighted by Crippen LogP contribution is -2.39. The number of halogens is 1. The summed E-state index contributed by atoms with van der Waals surface area (Å²) in [6, 6.07) is 5.82. The molecular weight excluding hydrogens is 357 g/mol. The number of benzene rings is 1. The summed E-state index contributed by atoms with van der Waals surface area (Å²) in [4.78, 5) is 32.0. The van der Waals surface area contributed by atoms with Gasteiger partial charge < -0.3 is 4.90 Å². The summed E-state index contributed by atoms with van der Waals surface area (Å²) in [5.41, 5.74) is 2.59. The Morgan fingerprint density at radius 1 is 1.07 bits per heavy atom. The van der Waals surface area contributed by atoms with Gasteiger partial charge in [0.25, 0.3) is 5.56 Å². The zero-order valence-corrected chi connectivity index (χ0v) is 16.1. The minimum Gasteiger partial charge on any atom is -0.302 e. The molecule has 2 aromatic rings. The van der Waals surface area contributed by atoms with E-state index in [2.05, 4.69) is 9.88 Å². The van der Waals surface area contributed by atoms with Gasteiger partial charge in [-0.15, -0.1) is 0 Å². The number of aryl methyl sites for hydroxylation is 1. The Morgan fingerprint density at radius 3 is 2.54 bits per heavy atom. The first-order chi connectivity index (χ1) is 13.6. The molecule has 1 fully saturated rings. The minimum atomic E-state index is -0.321. The first-order valence-corrected chi connectivity index (χ1v) is 10.2. The third-order valence-corrected chi connectivity index (χ3v) is 6.05. The second-order valence-corrected chi connectivity index (χ2v) is 7.86. The third-order valence-electron chi connectivity index (χ3n) is 6.05. The molecule has 0 saturated carbocycles. The number of piperidine rings is 1. The van der Waals surface area contributed by atoms with E-state index in [1.165, 1.54) is 12.1 Å². The lowest BCUT2D eigenvalue weighted by molar-refractivity contribution is 0.0837. The van der Waals surface area contributed by atoms with Crippen molar-refractivity contribution in [1.82, 2.24) is 14.5 Å². The molecular formula is C22H26FN3O2. The highest BCUT2D eigenvalue weighted by atomic mass is 19.1. The Kier molecular flexibility index (Phi) is 5.67. The Labute approximate surface area is 164 Å². The van der Waals surface area contributed by atoms with E-state index in [-0.39, 0.29) is 23.1 Å². The molecule has 1 aliphatic heterocycles. The Hall–Kier alpha value is -2.34. The SMILES string of the molecule is O=C(c1ccc(F)cc1)C1CCN(CCn2cnc3c(c2=O)CCCC3)CC1. The molecule has 148 valence electrons. The predicted octanol–water partition coefficient (Wildman–Crippen LogP) is 2.86. The molecule has 0 unspecified atom stereocenters. The summed E-state index contributed by atoms with van der Waals surface area (Å²) in [6.07, 6.45) is 7.25. The van der Waals surface area contributed by atoms with Gasteiger partial charge >= 0.3 is 0 Å². The average Bonchev–Trinajstić information content (AvgIpc) is 2.74. The number of Topliss-reactive ketones (excluding diaryl/α,β-unsaturated/α-hetero) is 1. The standard InChI is InChI=1S/C22H26FN3O2/c23-18-7-5-16(6-8-18)21(27)17-9-11-25(12-10-17)13-14-26-15-24-20-4-2-1-3-19(20)22(26)28/h5-8,15,17H,1-4,9-14H2. The van der Waals surface area contributed by atoms with Crippen molar-refractivity contribution in [2.24, 2.45) is 5.92 Å². The van der Waals surface area contributed by atoms with Crippen LogP contribution in [0.1, 0.15) is 47.3 Å². The fourth-order valence-corrected chi connectivity index (χ4v) is 4.30. The Balaban J connectivity index is 1.31. The molecule has 2 aliphatic rings. The predicted molar refractivity (Wildman–Crippen MR) is 105 cm³/mol. The summed E-state index contributed by atoms with van der Waals surface area (Å²) in [6.45, 7) is 3.10. The van der Waals surface area contributed by atoms with E-state index in [4.69, 9.17) is 0 Å². The van der Waals surface area contributed by atoms with Gasteiger partial charge in [0.05, 0.1) is 12.0 Å². The van der Waals surface area contributed by atoms with Crippen LogP contribution in [-0.4, -0.2) is 39.9 Å². The van der Waals surface area contributed by atoms with E-state index >= 15 is 0 Å². The molecule has 1 aliphatic carbocycles. The summed E-state index contributed by atoms with van der Waals surface area (Å²) >= 11 is 0. The molecule has 4 rings (SSSR count). The molecule has 0 atom stereocenters. The molecule has 0 radical (unpaired) electrons. The summed E-state index contributed by atoms with van der Waals surface area (Å²) in [7, 11) is 0. The van der Waals surface area contributed by atoms with E-state index in [1.54, 1.807) is 23.0 Å². The highest BCUT2D eigenvalue weighted by Gasteiger charge is 2.26. The van der Waals surface area contributed by atoms with Crippen LogP contribution >= 0.6 is 0 Å². The van der Waals surface area contributed by atoms with Gasteiger partial charge in [-0.25, -0.2) is 9.37 Å². The van der Waals surface area contributed by atoms with Gasteiger partial charge in [0.2, 0.25) is 0 Å². The number of likely N-dealkylation sites (tertiary alicyclic amines) is 1. The number of hydrogen-bond acceptors (Lipinski definition) is 4. The van der Waals surface area contributed by atoms with Gasteiger partial charge in [-0.1, -0.05) is 0 Å². The number of ketones is 1. The lowest BCUT2D eigenvalue weighted by atomic mass is 9.89. The lowest BCUT2D eigenvalue weighted by Gasteiger charge is -2.31. The van der Waals surface area contributed by atoms with Crippen molar-refractivity contribution in [3.8, 4) is 0 Å². The highest BCUT2D eigenvalue weighted by molar-refractivity contribution is 5.97. The smallest absolute Gasteiger partial charge is 0.256 e. The normalized spacial score (nSPS) is 18.0. The minimum absolute atomic E-state index is 0.00477. The van der Waals surface area contributed by atoms with Crippen LogP contribution in [0.5, 0.6) is 0 Å². The van der Waals surface area contributed by atoms with Gasteiger partial charge in [0.1, 0.15) is 5.82 Å².